The van der Waals surface area contributed by atoms with Crippen LogP contribution in [0, 0.1) is 0 Å². The monoisotopic (exact) mass is 864 g/mol. The molecule has 0 bridgehead atoms. The summed E-state index contributed by atoms with van der Waals surface area (Å²) >= 11 is 0. The van der Waals surface area contributed by atoms with Crippen molar-refractivity contribution in [3.05, 3.63) is 267 Å². The van der Waals surface area contributed by atoms with Crippen LogP contribution in [0.4, 0.5) is 17.1 Å². The highest BCUT2D eigenvalue weighted by molar-refractivity contribution is 6.21. The maximum Gasteiger partial charge on any atom is 0.0547 e. The molecule has 0 N–H and O–H groups in total. The summed E-state index contributed by atoms with van der Waals surface area (Å²) < 4.78 is 2.42. The third-order valence-corrected chi connectivity index (χ3v) is 13.8. The van der Waals surface area contributed by atoms with Crippen molar-refractivity contribution in [2.24, 2.45) is 0 Å². The molecule has 0 aliphatic rings. The molecular weight excluding hydrogens is 821 g/mol. The van der Waals surface area contributed by atoms with E-state index in [1.807, 2.05) is 0 Å². The topological polar surface area (TPSA) is 8.17 Å². The molecule has 0 atom stereocenters. The van der Waals surface area contributed by atoms with E-state index in [1.165, 1.54) is 76.4 Å². The van der Waals surface area contributed by atoms with Crippen molar-refractivity contribution >= 4 is 71.2 Å². The largest absolute Gasteiger partial charge is 0.309 e. The fourth-order valence-corrected chi connectivity index (χ4v) is 10.6. The van der Waals surface area contributed by atoms with E-state index in [4.69, 9.17) is 0 Å². The summed E-state index contributed by atoms with van der Waals surface area (Å²) in [5.41, 5.74) is 16.2. The lowest BCUT2D eigenvalue weighted by Gasteiger charge is -2.30. The lowest BCUT2D eigenvalue weighted by Crippen LogP contribution is -2.12. The average molecular weight is 865 g/mol. The zero-order chi connectivity index (χ0) is 45.0. The van der Waals surface area contributed by atoms with Crippen LogP contribution in [-0.2, 0) is 0 Å². The Morgan fingerprint density at radius 3 is 1.59 bits per heavy atom. The first kappa shape index (κ1) is 39.4. The predicted octanol–water partition coefficient (Wildman–Crippen LogP) is 18.4. The Morgan fingerprint density at radius 2 is 0.809 bits per heavy atom. The van der Waals surface area contributed by atoms with Gasteiger partial charge >= 0.3 is 0 Å². The van der Waals surface area contributed by atoms with Crippen LogP contribution in [0.15, 0.2) is 267 Å². The molecule has 0 aliphatic heterocycles. The van der Waals surface area contributed by atoms with E-state index >= 15 is 0 Å². The molecule has 68 heavy (non-hydrogen) atoms. The highest BCUT2D eigenvalue weighted by Crippen LogP contribution is 2.47. The van der Waals surface area contributed by atoms with Crippen molar-refractivity contribution in [1.29, 1.82) is 0 Å². The molecule has 318 valence electrons. The van der Waals surface area contributed by atoms with Crippen LogP contribution in [-0.4, -0.2) is 4.57 Å². The molecule has 13 rings (SSSR count). The van der Waals surface area contributed by atoms with Gasteiger partial charge in [0.15, 0.2) is 0 Å². The van der Waals surface area contributed by atoms with Gasteiger partial charge in [0.1, 0.15) is 0 Å². The van der Waals surface area contributed by atoms with Crippen LogP contribution < -0.4 is 4.90 Å². The van der Waals surface area contributed by atoms with Gasteiger partial charge in [0.25, 0.3) is 0 Å². The quantitative estimate of drug-likeness (QED) is 0.138. The third-order valence-electron chi connectivity index (χ3n) is 13.8. The van der Waals surface area contributed by atoms with Gasteiger partial charge in [0.05, 0.1) is 22.4 Å². The molecule has 13 aromatic rings. The zero-order valence-corrected chi connectivity index (χ0v) is 37.3. The van der Waals surface area contributed by atoms with E-state index in [0.29, 0.717) is 0 Å². The Balaban J connectivity index is 0.984. The Bertz CT molecular complexity index is 4000. The normalized spacial score (nSPS) is 11.5. The predicted molar refractivity (Wildman–Crippen MR) is 290 cm³/mol. The van der Waals surface area contributed by atoms with Crippen molar-refractivity contribution in [3.63, 3.8) is 0 Å². The van der Waals surface area contributed by atoms with Gasteiger partial charge in [-0.2, -0.15) is 0 Å². The van der Waals surface area contributed by atoms with Crippen LogP contribution in [0.5, 0.6) is 0 Å². The number of fused-ring (bicyclic) bond motifs is 8. The molecule has 0 aliphatic carbocycles. The summed E-state index contributed by atoms with van der Waals surface area (Å²) in [4.78, 5) is 2.46. The zero-order valence-electron chi connectivity index (χ0n) is 37.3. The minimum absolute atomic E-state index is 1.07. The average Bonchev–Trinajstić information content (AvgIpc) is 3.77. The number of anilines is 3. The van der Waals surface area contributed by atoms with E-state index in [-0.39, 0.29) is 0 Å². The first-order chi connectivity index (χ1) is 33.7. The maximum atomic E-state index is 2.46. The Kier molecular flexibility index (Phi) is 9.54. The molecular formula is C66H44N2. The summed E-state index contributed by atoms with van der Waals surface area (Å²) in [5, 5.41) is 10.1. The standard InChI is InChI=1S/C66H44N2/c1-3-17-45(18-4-1)50-36-41-64(61(43-50)46-19-5-2-6-20-46)67(52-39-33-49(34-40-52)60-44-51-22-8-9-23-54(51)57-26-11-12-27-58(57)60)62-29-15-13-24-55(62)48-31-37-53(38-32-48)68-63-30-16-14-28-59(63)66-56-25-10-7-21-47(56)35-42-65(66)68/h1-44H. The minimum atomic E-state index is 1.07. The van der Waals surface area contributed by atoms with Gasteiger partial charge < -0.3 is 9.47 Å². The first-order valence-corrected chi connectivity index (χ1v) is 23.4. The summed E-state index contributed by atoms with van der Waals surface area (Å²) in [6.07, 6.45) is 0. The lowest BCUT2D eigenvalue weighted by molar-refractivity contribution is 1.18. The molecule has 0 spiro atoms. The summed E-state index contributed by atoms with van der Waals surface area (Å²) in [7, 11) is 0. The molecule has 0 unspecified atom stereocenters. The molecule has 0 saturated carbocycles. The highest BCUT2D eigenvalue weighted by Gasteiger charge is 2.22. The second-order valence-corrected chi connectivity index (χ2v) is 17.6. The Hall–Kier alpha value is -8.98. The second kappa shape index (κ2) is 16.5. The molecule has 0 saturated heterocycles. The van der Waals surface area contributed by atoms with Crippen LogP contribution >= 0.6 is 0 Å². The fraction of sp³-hybridized carbons (Fsp3) is 0. The maximum absolute atomic E-state index is 2.46. The van der Waals surface area contributed by atoms with Crippen molar-refractivity contribution in [1.82, 2.24) is 4.57 Å². The molecule has 12 aromatic carbocycles. The molecule has 0 fully saturated rings. The van der Waals surface area contributed by atoms with E-state index in [0.717, 1.165) is 45.0 Å². The van der Waals surface area contributed by atoms with Crippen LogP contribution in [0.3, 0.4) is 0 Å². The molecule has 0 amide bonds. The number of rotatable bonds is 8. The van der Waals surface area contributed by atoms with Gasteiger partial charge in [-0.15, -0.1) is 0 Å². The fourth-order valence-electron chi connectivity index (χ4n) is 10.6. The molecule has 2 nitrogen and oxygen atoms in total. The van der Waals surface area contributed by atoms with Crippen LogP contribution in [0.25, 0.3) is 104 Å². The van der Waals surface area contributed by atoms with Crippen LogP contribution in [0.2, 0.25) is 0 Å². The number of nitrogens with zero attached hydrogens (tertiary/aromatic N) is 2. The second-order valence-electron chi connectivity index (χ2n) is 17.6. The van der Waals surface area contributed by atoms with Crippen molar-refractivity contribution in [3.8, 4) is 50.2 Å². The highest BCUT2D eigenvalue weighted by atomic mass is 15.1. The third kappa shape index (κ3) is 6.65. The smallest absolute Gasteiger partial charge is 0.0547 e. The number of benzene rings is 12. The Labute approximate surface area is 395 Å². The number of hydrogen-bond donors (Lipinski definition) is 0. The molecule has 0 radical (unpaired) electrons. The van der Waals surface area contributed by atoms with Crippen molar-refractivity contribution in [2.75, 3.05) is 4.90 Å². The van der Waals surface area contributed by atoms with Gasteiger partial charge in [-0.3, -0.25) is 0 Å². The van der Waals surface area contributed by atoms with E-state index in [1.54, 1.807) is 0 Å². The van der Waals surface area contributed by atoms with Gasteiger partial charge in [-0.25, -0.2) is 0 Å². The molecule has 2 heteroatoms. The minimum Gasteiger partial charge on any atom is -0.309 e. The summed E-state index contributed by atoms with van der Waals surface area (Å²) in [5.74, 6) is 0. The van der Waals surface area contributed by atoms with Crippen LogP contribution in [0.1, 0.15) is 0 Å². The Morgan fingerprint density at radius 1 is 0.265 bits per heavy atom. The van der Waals surface area contributed by atoms with Gasteiger partial charge in [-0.05, 0) is 126 Å². The van der Waals surface area contributed by atoms with E-state index in [2.05, 4.69) is 276 Å². The lowest BCUT2D eigenvalue weighted by atomic mass is 9.93. The number of para-hydroxylation sites is 2. The van der Waals surface area contributed by atoms with Gasteiger partial charge in [0.2, 0.25) is 0 Å². The number of hydrogen-bond acceptors (Lipinski definition) is 1. The summed E-state index contributed by atoms with van der Waals surface area (Å²) in [6, 6.07) is 97.5. The van der Waals surface area contributed by atoms with Gasteiger partial charge in [0, 0.05) is 33.3 Å². The van der Waals surface area contributed by atoms with E-state index in [9.17, 15) is 0 Å². The van der Waals surface area contributed by atoms with E-state index < -0.39 is 0 Å². The first-order valence-electron chi connectivity index (χ1n) is 23.4. The SMILES string of the molecule is c1ccc(-c2ccc(N(c3ccc(-c4cc5ccccc5c5ccccc45)cc3)c3ccccc3-c3ccc(-n4c5ccccc5c5c6ccccc6ccc54)cc3)c(-c3ccccc3)c2)cc1. The number of aromatic nitrogens is 1. The molecule has 1 aromatic heterocycles. The van der Waals surface area contributed by atoms with Crippen molar-refractivity contribution in [2.45, 2.75) is 0 Å². The molecule has 1 heterocycles. The summed E-state index contributed by atoms with van der Waals surface area (Å²) in [6.45, 7) is 0. The van der Waals surface area contributed by atoms with Crippen molar-refractivity contribution < 1.29 is 0 Å². The van der Waals surface area contributed by atoms with Gasteiger partial charge in [-0.1, -0.05) is 206 Å².